The summed E-state index contributed by atoms with van der Waals surface area (Å²) in [7, 11) is 0. The number of primary amides is 1. The van der Waals surface area contributed by atoms with E-state index < -0.39 is 23.7 Å². The van der Waals surface area contributed by atoms with Gasteiger partial charge in [0.05, 0.1) is 23.7 Å². The van der Waals surface area contributed by atoms with E-state index in [0.717, 1.165) is 6.21 Å². The third kappa shape index (κ3) is 5.56. The smallest absolute Gasteiger partial charge is 0.255 e. The summed E-state index contributed by atoms with van der Waals surface area (Å²) < 4.78 is 14.2. The third-order valence-electron chi connectivity index (χ3n) is 4.17. The van der Waals surface area contributed by atoms with Crippen molar-refractivity contribution >= 4 is 46.9 Å². The minimum atomic E-state index is -0.874. The Morgan fingerprint density at radius 1 is 1.21 bits per heavy atom. The zero-order valence-corrected chi connectivity index (χ0v) is 16.9. The Labute approximate surface area is 177 Å². The molecule has 9 heteroatoms. The number of rotatable bonds is 7. The van der Waals surface area contributed by atoms with Gasteiger partial charge in [0.1, 0.15) is 5.82 Å². The molecule has 2 rings (SSSR count). The van der Waals surface area contributed by atoms with E-state index in [-0.39, 0.29) is 23.3 Å². The predicted octanol–water partition coefficient (Wildman–Crippen LogP) is 3.49. The first kappa shape index (κ1) is 22.4. The molecule has 0 aliphatic carbocycles. The molecule has 2 amide bonds. The number of hydrogen-bond acceptors (Lipinski definition) is 4. The quantitative estimate of drug-likeness (QED) is 0.392. The Balaban J connectivity index is 2.45. The van der Waals surface area contributed by atoms with E-state index in [9.17, 15) is 14.0 Å². The van der Waals surface area contributed by atoms with Gasteiger partial charge in [-0.05, 0) is 42.3 Å². The third-order valence-corrected chi connectivity index (χ3v) is 4.60. The van der Waals surface area contributed by atoms with Crippen LogP contribution in [-0.2, 0) is 9.59 Å². The highest BCUT2D eigenvalue weighted by molar-refractivity contribution is 6.34. The van der Waals surface area contributed by atoms with Crippen LogP contribution in [0.2, 0.25) is 10.0 Å². The molecule has 0 saturated carbocycles. The number of nitrogens with two attached hydrogens (primary N) is 2. The van der Waals surface area contributed by atoms with Gasteiger partial charge >= 0.3 is 0 Å². The normalized spacial score (nSPS) is 12.7. The Morgan fingerprint density at radius 2 is 1.83 bits per heavy atom. The molecule has 0 aliphatic rings. The molecule has 6 nitrogen and oxygen atoms in total. The van der Waals surface area contributed by atoms with Crippen LogP contribution >= 0.6 is 23.2 Å². The number of halogens is 3. The molecule has 0 spiro atoms. The molecule has 0 radical (unpaired) electrons. The fourth-order valence-electron chi connectivity index (χ4n) is 2.84. The lowest BCUT2D eigenvalue weighted by Gasteiger charge is -2.20. The van der Waals surface area contributed by atoms with Gasteiger partial charge in [-0.3, -0.25) is 9.59 Å². The maximum Gasteiger partial charge on any atom is 0.255 e. The van der Waals surface area contributed by atoms with E-state index in [1.54, 1.807) is 13.0 Å². The second kappa shape index (κ2) is 9.54. The van der Waals surface area contributed by atoms with Crippen LogP contribution < -0.4 is 16.8 Å². The van der Waals surface area contributed by atoms with Crippen LogP contribution in [0.15, 0.2) is 42.0 Å². The van der Waals surface area contributed by atoms with Gasteiger partial charge in [-0.15, -0.1) is 0 Å². The van der Waals surface area contributed by atoms with Crippen LogP contribution in [0.4, 0.5) is 4.39 Å². The first-order chi connectivity index (χ1) is 13.6. The van der Waals surface area contributed by atoms with Gasteiger partial charge in [0.25, 0.3) is 5.91 Å². The van der Waals surface area contributed by atoms with Crippen LogP contribution in [0.3, 0.4) is 0 Å². The van der Waals surface area contributed by atoms with Gasteiger partial charge in [-0.1, -0.05) is 35.3 Å². The van der Waals surface area contributed by atoms with Gasteiger partial charge in [0.15, 0.2) is 0 Å². The molecule has 0 heterocycles. The van der Waals surface area contributed by atoms with E-state index in [1.165, 1.54) is 30.3 Å². The van der Waals surface area contributed by atoms with Crippen LogP contribution in [0, 0.1) is 18.2 Å². The summed E-state index contributed by atoms with van der Waals surface area (Å²) in [5, 5.41) is 10.8. The molecule has 2 aromatic carbocycles. The molecule has 6 N–H and O–H groups in total. The number of benzene rings is 2. The van der Waals surface area contributed by atoms with E-state index in [0.29, 0.717) is 21.2 Å². The van der Waals surface area contributed by atoms with Crippen LogP contribution in [0.25, 0.3) is 5.70 Å². The molecule has 1 unspecified atom stereocenters. The summed E-state index contributed by atoms with van der Waals surface area (Å²) >= 11 is 12.0. The molecular formula is C20H19Cl2FN4O2. The standard InChI is InChI=1S/C20H19Cl2FN4O2/c1-10-3-2-4-15(23)18(10)19(26)14(9-24)20(29)27-16(8-17(25)28)11-5-12(21)7-13(22)6-11/h2-7,9,16,24H,8,26H2,1H3,(H2,25,28)(H,27,29)/b19-14+,24-9?. The number of carbonyl (C=O) groups excluding carboxylic acids is 2. The fourth-order valence-corrected chi connectivity index (χ4v) is 3.38. The monoisotopic (exact) mass is 436 g/mol. The highest BCUT2D eigenvalue weighted by atomic mass is 35.5. The SMILES string of the molecule is Cc1cccc(F)c1/C(N)=C(/C=N)C(=O)NC(CC(N)=O)c1cc(Cl)cc(Cl)c1. The molecule has 0 aromatic heterocycles. The van der Waals surface area contributed by atoms with Crippen molar-refractivity contribution in [3.63, 3.8) is 0 Å². The summed E-state index contributed by atoms with van der Waals surface area (Å²) in [4.78, 5) is 24.3. The summed E-state index contributed by atoms with van der Waals surface area (Å²) in [5.41, 5.74) is 11.8. The van der Waals surface area contributed by atoms with Crippen LogP contribution in [-0.4, -0.2) is 18.0 Å². The molecule has 152 valence electrons. The van der Waals surface area contributed by atoms with E-state index in [4.69, 9.17) is 40.1 Å². The van der Waals surface area contributed by atoms with Crippen molar-refractivity contribution in [3.8, 4) is 0 Å². The number of aryl methyl sites for hydroxylation is 1. The fraction of sp³-hybridized carbons (Fsp3) is 0.150. The Hall–Kier alpha value is -2.90. The summed E-state index contributed by atoms with van der Waals surface area (Å²) in [6.07, 6.45) is 0.481. The number of nitrogens with one attached hydrogen (secondary N) is 2. The minimum absolute atomic E-state index is 0.0263. The number of amides is 2. The zero-order chi connectivity index (χ0) is 21.7. The van der Waals surface area contributed by atoms with Crippen molar-refractivity contribution in [2.24, 2.45) is 11.5 Å². The Kier molecular flexibility index (Phi) is 7.36. The highest BCUT2D eigenvalue weighted by Crippen LogP contribution is 2.26. The molecule has 29 heavy (non-hydrogen) atoms. The van der Waals surface area contributed by atoms with E-state index >= 15 is 0 Å². The number of carbonyl (C=O) groups is 2. The maximum absolute atomic E-state index is 14.2. The van der Waals surface area contributed by atoms with Gasteiger partial charge in [0.2, 0.25) is 5.91 Å². The van der Waals surface area contributed by atoms with Crippen molar-refractivity contribution in [1.29, 1.82) is 5.41 Å². The van der Waals surface area contributed by atoms with Crippen molar-refractivity contribution in [3.05, 3.63) is 74.5 Å². The van der Waals surface area contributed by atoms with Gasteiger partial charge < -0.3 is 22.2 Å². The van der Waals surface area contributed by atoms with Gasteiger partial charge in [-0.25, -0.2) is 4.39 Å². The number of hydrogen-bond donors (Lipinski definition) is 4. The summed E-state index contributed by atoms with van der Waals surface area (Å²) in [5.74, 6) is -2.07. The first-order valence-corrected chi connectivity index (χ1v) is 9.20. The van der Waals surface area contributed by atoms with Crippen molar-refractivity contribution in [1.82, 2.24) is 5.32 Å². The molecule has 2 aromatic rings. The molecule has 1 atom stereocenters. The van der Waals surface area contributed by atoms with Crippen LogP contribution in [0.1, 0.15) is 29.2 Å². The van der Waals surface area contributed by atoms with Crippen molar-refractivity contribution in [2.75, 3.05) is 0 Å². The summed E-state index contributed by atoms with van der Waals surface area (Å²) in [6, 6.07) is 8.03. The first-order valence-electron chi connectivity index (χ1n) is 8.45. The lowest BCUT2D eigenvalue weighted by Crippen LogP contribution is -2.34. The molecule has 0 bridgehead atoms. The lowest BCUT2D eigenvalue weighted by atomic mass is 9.99. The Morgan fingerprint density at radius 3 is 2.34 bits per heavy atom. The minimum Gasteiger partial charge on any atom is -0.397 e. The molecule has 0 aliphatic heterocycles. The average molecular weight is 437 g/mol. The molecular weight excluding hydrogens is 418 g/mol. The van der Waals surface area contributed by atoms with Crippen molar-refractivity contribution < 1.29 is 14.0 Å². The van der Waals surface area contributed by atoms with E-state index in [2.05, 4.69) is 5.32 Å². The summed E-state index contributed by atoms with van der Waals surface area (Å²) in [6.45, 7) is 1.63. The Bertz CT molecular complexity index is 967. The molecule has 0 fully saturated rings. The van der Waals surface area contributed by atoms with E-state index in [1.807, 2.05) is 0 Å². The maximum atomic E-state index is 14.2. The average Bonchev–Trinajstić information content (AvgIpc) is 2.60. The largest absolute Gasteiger partial charge is 0.397 e. The van der Waals surface area contributed by atoms with Gasteiger partial charge in [-0.2, -0.15) is 0 Å². The topological polar surface area (TPSA) is 122 Å². The van der Waals surface area contributed by atoms with Crippen molar-refractivity contribution in [2.45, 2.75) is 19.4 Å². The highest BCUT2D eigenvalue weighted by Gasteiger charge is 2.22. The zero-order valence-electron chi connectivity index (χ0n) is 15.4. The van der Waals surface area contributed by atoms with Gasteiger partial charge in [0, 0.05) is 21.8 Å². The molecule has 0 saturated heterocycles. The predicted molar refractivity (Wildman–Crippen MR) is 112 cm³/mol. The second-order valence-electron chi connectivity index (χ2n) is 6.30. The lowest BCUT2D eigenvalue weighted by molar-refractivity contribution is -0.120. The van der Waals surface area contributed by atoms with Crippen LogP contribution in [0.5, 0.6) is 0 Å². The second-order valence-corrected chi connectivity index (χ2v) is 7.18.